The molecular weight excluding hydrogens is 559 g/mol. The normalized spacial score (nSPS) is 19.2. The van der Waals surface area contributed by atoms with Gasteiger partial charge in [0.25, 0.3) is 0 Å². The first-order valence-electron chi connectivity index (χ1n) is 14.9. The Labute approximate surface area is 255 Å². The van der Waals surface area contributed by atoms with Gasteiger partial charge in [0.1, 0.15) is 12.4 Å². The molecule has 1 fully saturated rings. The monoisotopic (exact) mass is 592 g/mol. The molecule has 0 aromatic heterocycles. The van der Waals surface area contributed by atoms with Crippen LogP contribution in [0.1, 0.15) is 80.7 Å². The van der Waals surface area contributed by atoms with E-state index in [1.165, 1.54) is 12.1 Å². The Balaban J connectivity index is 1.28. The number of fused-ring (bicyclic) bond motifs is 1. The number of benzene rings is 4. The maximum Gasteiger partial charge on any atom is 0.410 e. The van der Waals surface area contributed by atoms with Gasteiger partial charge in [0, 0.05) is 12.2 Å². The average Bonchev–Trinajstić information content (AvgIpc) is 3.55. The van der Waals surface area contributed by atoms with Crippen molar-refractivity contribution in [3.8, 4) is 0 Å². The summed E-state index contributed by atoms with van der Waals surface area (Å²) < 4.78 is 24.7. The first-order valence-corrected chi connectivity index (χ1v) is 14.9. The Morgan fingerprint density at radius 3 is 2.30 bits per heavy atom. The molecular formula is C36H33FN2O5. The molecule has 0 bridgehead atoms. The van der Waals surface area contributed by atoms with Crippen LogP contribution in [0.3, 0.4) is 0 Å². The minimum atomic E-state index is -0.722. The maximum atomic E-state index is 14.2. The van der Waals surface area contributed by atoms with Gasteiger partial charge < -0.3 is 19.7 Å². The Kier molecular flexibility index (Phi) is 8.41. The number of carbonyl (C=O) groups excluding carboxylic acids is 3. The summed E-state index contributed by atoms with van der Waals surface area (Å²) in [6.45, 7) is 2.73. The number of hydrogen-bond donors (Lipinski definition) is 1. The second kappa shape index (κ2) is 12.7. The third-order valence-corrected chi connectivity index (χ3v) is 8.33. The Morgan fingerprint density at radius 1 is 0.864 bits per heavy atom. The smallest absolute Gasteiger partial charge is 0.410 e. The van der Waals surface area contributed by atoms with Crippen LogP contribution in [0.2, 0.25) is 0 Å². The lowest BCUT2D eigenvalue weighted by molar-refractivity contribution is 0.0522. The minimum Gasteiger partial charge on any atom is -0.462 e. The number of carbonyl (C=O) groups is 3. The number of anilines is 1. The molecule has 4 aromatic rings. The van der Waals surface area contributed by atoms with Crippen LogP contribution in [0.25, 0.3) is 0 Å². The molecule has 44 heavy (non-hydrogen) atoms. The fourth-order valence-corrected chi connectivity index (χ4v) is 6.22. The number of nitrogens with zero attached hydrogens (tertiary/aromatic N) is 1. The second-order valence-corrected chi connectivity index (χ2v) is 11.0. The van der Waals surface area contributed by atoms with E-state index in [9.17, 15) is 18.8 Å². The fourth-order valence-electron chi connectivity index (χ4n) is 6.22. The summed E-state index contributed by atoms with van der Waals surface area (Å²) in [5, 5.41) is 3.49. The van der Waals surface area contributed by atoms with E-state index in [2.05, 4.69) is 5.32 Å². The van der Waals surface area contributed by atoms with E-state index in [1.807, 2.05) is 54.6 Å². The van der Waals surface area contributed by atoms with Gasteiger partial charge in [-0.3, -0.25) is 4.79 Å². The molecule has 3 atom stereocenters. The number of ether oxygens (including phenoxy) is 2. The van der Waals surface area contributed by atoms with Crippen molar-refractivity contribution >= 4 is 23.5 Å². The van der Waals surface area contributed by atoms with Crippen LogP contribution in [0, 0.1) is 5.82 Å². The number of likely N-dealkylation sites (tertiary alicyclic amines) is 1. The van der Waals surface area contributed by atoms with Gasteiger partial charge in [0.2, 0.25) is 0 Å². The molecule has 0 spiro atoms. The SMILES string of the molecule is CCOC(=O)c1cccc2c1C(=O)C(c1ccc(F)cc1)C(c1ccc(C3CCCN3C(=O)OCc3ccccc3)cc1)N2. The van der Waals surface area contributed by atoms with Crippen LogP contribution in [-0.2, 0) is 16.1 Å². The highest BCUT2D eigenvalue weighted by Crippen LogP contribution is 2.44. The van der Waals surface area contributed by atoms with E-state index >= 15 is 0 Å². The number of hydrogen-bond acceptors (Lipinski definition) is 6. The van der Waals surface area contributed by atoms with Crippen molar-refractivity contribution in [2.75, 3.05) is 18.5 Å². The molecule has 224 valence electrons. The molecule has 4 aromatic carbocycles. The van der Waals surface area contributed by atoms with E-state index in [-0.39, 0.29) is 42.3 Å². The van der Waals surface area contributed by atoms with Gasteiger partial charge in [-0.1, -0.05) is 72.8 Å². The molecule has 2 heterocycles. The number of esters is 1. The largest absolute Gasteiger partial charge is 0.462 e. The topological polar surface area (TPSA) is 84.9 Å². The molecule has 2 aliphatic heterocycles. The molecule has 6 rings (SSSR count). The molecule has 3 unspecified atom stereocenters. The lowest BCUT2D eigenvalue weighted by atomic mass is 9.77. The van der Waals surface area contributed by atoms with Crippen molar-refractivity contribution < 1.29 is 28.2 Å². The van der Waals surface area contributed by atoms with Gasteiger partial charge in [-0.25, -0.2) is 14.0 Å². The molecule has 0 saturated carbocycles. The molecule has 8 heteroatoms. The molecule has 0 aliphatic carbocycles. The van der Waals surface area contributed by atoms with E-state index in [0.29, 0.717) is 17.8 Å². The Bertz CT molecular complexity index is 1660. The summed E-state index contributed by atoms with van der Waals surface area (Å²) in [4.78, 5) is 41.7. The van der Waals surface area contributed by atoms with Gasteiger partial charge in [0.15, 0.2) is 5.78 Å². The predicted octanol–water partition coefficient (Wildman–Crippen LogP) is 7.61. The quantitative estimate of drug-likeness (QED) is 0.222. The van der Waals surface area contributed by atoms with Crippen molar-refractivity contribution in [1.82, 2.24) is 4.90 Å². The number of nitrogens with one attached hydrogen (secondary N) is 1. The molecule has 2 aliphatic rings. The lowest BCUT2D eigenvalue weighted by Gasteiger charge is -2.35. The van der Waals surface area contributed by atoms with Crippen LogP contribution >= 0.6 is 0 Å². The van der Waals surface area contributed by atoms with E-state index in [4.69, 9.17) is 9.47 Å². The summed E-state index contributed by atoms with van der Waals surface area (Å²) in [6, 6.07) is 27.9. The van der Waals surface area contributed by atoms with Crippen molar-refractivity contribution in [3.63, 3.8) is 0 Å². The minimum absolute atomic E-state index is 0.117. The molecule has 1 saturated heterocycles. The summed E-state index contributed by atoms with van der Waals surface area (Å²) >= 11 is 0. The Hall–Kier alpha value is -4.98. The van der Waals surface area contributed by atoms with Gasteiger partial charge in [-0.2, -0.15) is 0 Å². The van der Waals surface area contributed by atoms with Gasteiger partial charge in [-0.05, 0) is 66.3 Å². The van der Waals surface area contributed by atoms with Crippen molar-refractivity contribution in [1.29, 1.82) is 0 Å². The number of rotatable bonds is 7. The van der Waals surface area contributed by atoms with Crippen molar-refractivity contribution in [3.05, 3.63) is 136 Å². The molecule has 1 amide bonds. The van der Waals surface area contributed by atoms with Crippen LogP contribution in [-0.4, -0.2) is 35.9 Å². The highest BCUT2D eigenvalue weighted by Gasteiger charge is 2.40. The molecule has 0 radical (unpaired) electrons. The standard InChI is InChI=1S/C36H33FN2O5/c1-2-43-35(41)28-10-6-11-29-32(28)34(40)31(25-17-19-27(37)20-18-25)33(38-29)26-15-13-24(14-16-26)30-12-7-21-39(30)36(42)44-22-23-8-4-3-5-9-23/h3-6,8-11,13-20,30-31,33,38H,2,7,12,21-22H2,1H3. The zero-order chi connectivity index (χ0) is 30.6. The highest BCUT2D eigenvalue weighted by atomic mass is 19.1. The summed E-state index contributed by atoms with van der Waals surface area (Å²) in [7, 11) is 0. The fraction of sp³-hybridized carbons (Fsp3) is 0.250. The number of ketones is 1. The summed E-state index contributed by atoms with van der Waals surface area (Å²) in [5.74, 6) is -1.93. The lowest BCUT2D eigenvalue weighted by Crippen LogP contribution is -2.33. The second-order valence-electron chi connectivity index (χ2n) is 11.0. The zero-order valence-electron chi connectivity index (χ0n) is 24.4. The highest BCUT2D eigenvalue weighted by molar-refractivity contribution is 6.14. The maximum absolute atomic E-state index is 14.2. The van der Waals surface area contributed by atoms with Crippen LogP contribution in [0.4, 0.5) is 14.9 Å². The molecule has 1 N–H and O–H groups in total. The Morgan fingerprint density at radius 2 is 1.57 bits per heavy atom. The van der Waals surface area contributed by atoms with Crippen molar-refractivity contribution in [2.24, 2.45) is 0 Å². The number of Topliss-reactive ketones (excluding diaryl/α,β-unsaturated/α-hetero) is 1. The van der Waals surface area contributed by atoms with Gasteiger partial charge in [0.05, 0.1) is 35.7 Å². The van der Waals surface area contributed by atoms with Gasteiger partial charge in [-0.15, -0.1) is 0 Å². The van der Waals surface area contributed by atoms with E-state index in [0.717, 1.165) is 29.5 Å². The van der Waals surface area contributed by atoms with Crippen LogP contribution < -0.4 is 5.32 Å². The number of amides is 1. The predicted molar refractivity (Wildman–Crippen MR) is 164 cm³/mol. The molecule has 7 nitrogen and oxygen atoms in total. The third kappa shape index (κ3) is 5.80. The summed E-state index contributed by atoms with van der Waals surface area (Å²) in [6.07, 6.45) is 1.35. The van der Waals surface area contributed by atoms with Crippen LogP contribution in [0.5, 0.6) is 0 Å². The first kappa shape index (κ1) is 29.1. The third-order valence-electron chi connectivity index (χ3n) is 8.33. The van der Waals surface area contributed by atoms with Crippen molar-refractivity contribution in [2.45, 2.75) is 44.4 Å². The zero-order valence-corrected chi connectivity index (χ0v) is 24.4. The number of halogens is 1. The average molecular weight is 593 g/mol. The van der Waals surface area contributed by atoms with Crippen LogP contribution in [0.15, 0.2) is 97.1 Å². The van der Waals surface area contributed by atoms with E-state index < -0.39 is 23.7 Å². The van der Waals surface area contributed by atoms with E-state index in [1.54, 1.807) is 42.2 Å². The first-order chi connectivity index (χ1) is 21.4. The van der Waals surface area contributed by atoms with Gasteiger partial charge >= 0.3 is 12.1 Å². The summed E-state index contributed by atoms with van der Waals surface area (Å²) in [5.41, 5.74) is 4.39.